The minimum absolute atomic E-state index is 0.177. The van der Waals surface area contributed by atoms with Crippen LogP contribution in [0.4, 0.5) is 11.4 Å². The van der Waals surface area contributed by atoms with E-state index in [9.17, 15) is 13.2 Å². The number of carbonyl (C=O) groups is 1. The molecule has 7 heteroatoms. The maximum Gasteiger partial charge on any atom is 0.257 e. The molecule has 0 aliphatic rings. The van der Waals surface area contributed by atoms with Crippen LogP contribution in [0.25, 0.3) is 10.8 Å². The van der Waals surface area contributed by atoms with E-state index in [2.05, 4.69) is 5.32 Å². The third-order valence-electron chi connectivity index (χ3n) is 4.10. The number of nitrogens with one attached hydrogen (secondary N) is 1. The van der Waals surface area contributed by atoms with E-state index < -0.39 is 10.0 Å². The summed E-state index contributed by atoms with van der Waals surface area (Å²) >= 11 is 6.22. The Balaban J connectivity index is 1.91. The van der Waals surface area contributed by atoms with Crippen molar-refractivity contribution in [3.8, 4) is 0 Å². The fraction of sp³-hybridized carbons (Fsp3) is 0.105. The van der Waals surface area contributed by atoms with Crippen LogP contribution in [-0.2, 0) is 10.0 Å². The maximum absolute atomic E-state index is 12.6. The van der Waals surface area contributed by atoms with Gasteiger partial charge in [-0.2, -0.15) is 0 Å². The minimum Gasteiger partial charge on any atom is -0.321 e. The lowest BCUT2D eigenvalue weighted by Crippen LogP contribution is -2.25. The van der Waals surface area contributed by atoms with Crippen molar-refractivity contribution in [3.05, 3.63) is 71.2 Å². The summed E-state index contributed by atoms with van der Waals surface area (Å²) in [6.07, 6.45) is 1.10. The van der Waals surface area contributed by atoms with Gasteiger partial charge in [-0.25, -0.2) is 8.42 Å². The summed E-state index contributed by atoms with van der Waals surface area (Å²) in [7, 11) is -1.98. The van der Waals surface area contributed by atoms with Crippen LogP contribution >= 0.6 is 11.6 Å². The van der Waals surface area contributed by atoms with Gasteiger partial charge >= 0.3 is 0 Å². The number of anilines is 2. The van der Waals surface area contributed by atoms with Crippen LogP contribution in [0.1, 0.15) is 10.4 Å². The van der Waals surface area contributed by atoms with Crippen LogP contribution in [0.2, 0.25) is 5.02 Å². The molecule has 134 valence electrons. The fourth-order valence-electron chi connectivity index (χ4n) is 2.60. The summed E-state index contributed by atoms with van der Waals surface area (Å²) in [4.78, 5) is 12.6. The molecule has 0 fully saturated rings. The number of nitrogens with zero attached hydrogens (tertiary/aromatic N) is 1. The van der Waals surface area contributed by atoms with Crippen LogP contribution in [-0.4, -0.2) is 27.6 Å². The molecule has 0 heterocycles. The molecule has 26 heavy (non-hydrogen) atoms. The largest absolute Gasteiger partial charge is 0.321 e. The van der Waals surface area contributed by atoms with Crippen LogP contribution in [0.15, 0.2) is 60.7 Å². The molecule has 3 aromatic rings. The molecule has 0 aromatic heterocycles. The van der Waals surface area contributed by atoms with Gasteiger partial charge in [0.15, 0.2) is 0 Å². The van der Waals surface area contributed by atoms with Gasteiger partial charge in [0, 0.05) is 18.1 Å². The van der Waals surface area contributed by atoms with Gasteiger partial charge in [-0.3, -0.25) is 9.10 Å². The topological polar surface area (TPSA) is 66.5 Å². The first-order valence-corrected chi connectivity index (χ1v) is 10.0. The zero-order chi connectivity index (χ0) is 18.9. The van der Waals surface area contributed by atoms with Crippen molar-refractivity contribution in [2.75, 3.05) is 22.9 Å². The Kier molecular flexibility index (Phi) is 4.89. The highest BCUT2D eigenvalue weighted by atomic mass is 35.5. The van der Waals surface area contributed by atoms with Crippen molar-refractivity contribution in [1.82, 2.24) is 0 Å². The van der Waals surface area contributed by atoms with Crippen molar-refractivity contribution < 1.29 is 13.2 Å². The SMILES string of the molecule is CN(c1ccc(C(=O)Nc2cccc3ccccc23)c(Cl)c1)S(C)(=O)=O. The Hall–Kier alpha value is -2.57. The van der Waals surface area contributed by atoms with Gasteiger partial charge in [-0.1, -0.05) is 48.0 Å². The summed E-state index contributed by atoms with van der Waals surface area (Å²) in [6, 6.07) is 17.9. The standard InChI is InChI=1S/C19H17ClN2O3S/c1-22(26(2,24)25)14-10-11-16(17(20)12-14)19(23)21-18-9-5-7-13-6-3-4-8-15(13)18/h3-12H,1-2H3,(H,21,23). The van der Waals surface area contributed by atoms with Crippen LogP contribution in [0.5, 0.6) is 0 Å². The summed E-state index contributed by atoms with van der Waals surface area (Å²) in [5.41, 5.74) is 1.34. The highest BCUT2D eigenvalue weighted by Crippen LogP contribution is 2.27. The molecule has 3 rings (SSSR count). The van der Waals surface area contributed by atoms with Crippen molar-refractivity contribution >= 4 is 49.7 Å². The number of fused-ring (bicyclic) bond motifs is 1. The first kappa shape index (κ1) is 18.2. The van der Waals surface area contributed by atoms with E-state index in [-0.39, 0.29) is 16.5 Å². The molecule has 0 unspecified atom stereocenters. The van der Waals surface area contributed by atoms with Gasteiger partial charge in [0.25, 0.3) is 5.91 Å². The first-order valence-electron chi connectivity index (χ1n) is 7.80. The Labute approximate surface area is 157 Å². The Morgan fingerprint density at radius 3 is 2.42 bits per heavy atom. The number of sulfonamides is 1. The first-order chi connectivity index (χ1) is 12.3. The lowest BCUT2D eigenvalue weighted by Gasteiger charge is -2.17. The van der Waals surface area contributed by atoms with Gasteiger partial charge in [0.2, 0.25) is 10.0 Å². The predicted octanol–water partition coefficient (Wildman–Crippen LogP) is 4.14. The van der Waals surface area contributed by atoms with Crippen molar-refractivity contribution in [1.29, 1.82) is 0 Å². The number of hydrogen-bond acceptors (Lipinski definition) is 3. The highest BCUT2D eigenvalue weighted by molar-refractivity contribution is 7.92. The highest BCUT2D eigenvalue weighted by Gasteiger charge is 2.16. The molecular formula is C19H17ClN2O3S. The fourth-order valence-corrected chi connectivity index (χ4v) is 3.36. The molecule has 1 amide bonds. The smallest absolute Gasteiger partial charge is 0.257 e. The normalized spacial score (nSPS) is 11.3. The third kappa shape index (κ3) is 3.66. The number of benzene rings is 3. The van der Waals surface area contributed by atoms with Gasteiger partial charge in [0.1, 0.15) is 0 Å². The van der Waals surface area contributed by atoms with Crippen LogP contribution in [0, 0.1) is 0 Å². The molecule has 0 saturated heterocycles. The van der Waals surface area contributed by atoms with Crippen molar-refractivity contribution in [2.24, 2.45) is 0 Å². The molecule has 5 nitrogen and oxygen atoms in total. The third-order valence-corrected chi connectivity index (χ3v) is 5.61. The van der Waals surface area contributed by atoms with Crippen LogP contribution in [0.3, 0.4) is 0 Å². The molecular weight excluding hydrogens is 372 g/mol. The van der Waals surface area contributed by atoms with E-state index in [1.54, 1.807) is 6.07 Å². The Bertz CT molecular complexity index is 1090. The van der Waals surface area contributed by atoms with Gasteiger partial charge in [-0.15, -0.1) is 0 Å². The average Bonchev–Trinajstić information content (AvgIpc) is 2.60. The second kappa shape index (κ2) is 6.97. The van der Waals surface area contributed by atoms with E-state index in [1.807, 2.05) is 42.5 Å². The number of hydrogen-bond donors (Lipinski definition) is 1. The van der Waals surface area contributed by atoms with Crippen molar-refractivity contribution in [2.45, 2.75) is 0 Å². The number of rotatable bonds is 4. The summed E-state index contributed by atoms with van der Waals surface area (Å²) in [5, 5.41) is 4.98. The summed E-state index contributed by atoms with van der Waals surface area (Å²) < 4.78 is 24.4. The molecule has 0 saturated carbocycles. The zero-order valence-corrected chi connectivity index (χ0v) is 15.8. The van der Waals surface area contributed by atoms with Crippen molar-refractivity contribution in [3.63, 3.8) is 0 Å². The minimum atomic E-state index is -3.40. The zero-order valence-electron chi connectivity index (χ0n) is 14.2. The van der Waals surface area contributed by atoms with E-state index in [4.69, 9.17) is 11.6 Å². The average molecular weight is 389 g/mol. The predicted molar refractivity (Wildman–Crippen MR) is 107 cm³/mol. The number of halogens is 1. The molecule has 0 radical (unpaired) electrons. The molecule has 1 N–H and O–H groups in total. The van der Waals surface area contributed by atoms with Gasteiger partial charge in [-0.05, 0) is 29.7 Å². The monoisotopic (exact) mass is 388 g/mol. The van der Waals surface area contributed by atoms with E-state index in [1.165, 1.54) is 19.2 Å². The molecule has 3 aromatic carbocycles. The molecule has 0 aliphatic heterocycles. The van der Waals surface area contributed by atoms with Gasteiger partial charge < -0.3 is 5.32 Å². The molecule has 0 bridgehead atoms. The number of carbonyl (C=O) groups excluding carboxylic acids is 1. The molecule has 0 spiro atoms. The van der Waals surface area contributed by atoms with E-state index in [0.29, 0.717) is 11.4 Å². The summed E-state index contributed by atoms with van der Waals surface area (Å²) in [5.74, 6) is -0.361. The second-order valence-electron chi connectivity index (χ2n) is 5.88. The second-order valence-corrected chi connectivity index (χ2v) is 8.30. The lowest BCUT2D eigenvalue weighted by molar-refractivity contribution is 0.102. The van der Waals surface area contributed by atoms with E-state index >= 15 is 0 Å². The van der Waals surface area contributed by atoms with Gasteiger partial charge in [0.05, 0.1) is 22.5 Å². The molecule has 0 aliphatic carbocycles. The van der Waals surface area contributed by atoms with Crippen LogP contribution < -0.4 is 9.62 Å². The number of amides is 1. The Morgan fingerprint density at radius 2 is 1.73 bits per heavy atom. The summed E-state index contributed by atoms with van der Waals surface area (Å²) in [6.45, 7) is 0. The van der Waals surface area contributed by atoms with E-state index in [0.717, 1.165) is 21.3 Å². The lowest BCUT2D eigenvalue weighted by atomic mass is 10.1. The Morgan fingerprint density at radius 1 is 1.04 bits per heavy atom. The quantitative estimate of drug-likeness (QED) is 0.730. The maximum atomic E-state index is 12.6. The molecule has 0 atom stereocenters.